The highest BCUT2D eigenvalue weighted by atomic mass is 32.2. The minimum absolute atomic E-state index is 0.0251. The van der Waals surface area contributed by atoms with E-state index in [2.05, 4.69) is 20.1 Å². The maximum Gasteiger partial charge on any atom is 0.435 e. The van der Waals surface area contributed by atoms with Gasteiger partial charge >= 0.3 is 6.18 Å². The van der Waals surface area contributed by atoms with E-state index in [4.69, 9.17) is 0 Å². The molecule has 0 radical (unpaired) electrons. The number of aromatic nitrogens is 3. The standard InChI is InChI=1S/C20H20F3N5O3S2/c21-20(22,23)18-15-4-2-1-3-5-16(15)28(26-18)12-17(29)25-13-6-8-14(9-7-13)33(30,31)27-19-24-10-11-32-19/h6-11H,1-5,12H2,(H,24,27)(H,25,29). The van der Waals surface area contributed by atoms with Crippen LogP contribution in [0.1, 0.15) is 36.2 Å². The quantitative estimate of drug-likeness (QED) is 0.498. The number of carbonyl (C=O) groups is 1. The molecule has 1 aliphatic rings. The van der Waals surface area contributed by atoms with Gasteiger partial charge < -0.3 is 5.32 Å². The monoisotopic (exact) mass is 499 g/mol. The molecule has 1 aliphatic carbocycles. The third-order valence-corrected chi connectivity index (χ3v) is 7.34. The van der Waals surface area contributed by atoms with Crippen molar-refractivity contribution >= 4 is 38.1 Å². The number of hydrogen-bond donors (Lipinski definition) is 2. The third kappa shape index (κ3) is 5.36. The predicted octanol–water partition coefficient (Wildman–Crippen LogP) is 4.07. The van der Waals surface area contributed by atoms with Crippen LogP contribution in [0.25, 0.3) is 0 Å². The van der Waals surface area contributed by atoms with E-state index in [0.29, 0.717) is 24.2 Å². The first kappa shape index (κ1) is 23.2. The van der Waals surface area contributed by atoms with E-state index in [9.17, 15) is 26.4 Å². The van der Waals surface area contributed by atoms with Crippen LogP contribution < -0.4 is 10.0 Å². The molecule has 0 unspecified atom stereocenters. The first-order valence-electron chi connectivity index (χ1n) is 10.1. The van der Waals surface area contributed by atoms with Gasteiger partial charge in [0, 0.05) is 28.5 Å². The molecule has 0 atom stereocenters. The number of carbonyl (C=O) groups excluding carboxylic acids is 1. The van der Waals surface area contributed by atoms with Gasteiger partial charge in [0.1, 0.15) is 6.54 Å². The molecule has 13 heteroatoms. The van der Waals surface area contributed by atoms with Crippen LogP contribution in [0.3, 0.4) is 0 Å². The largest absolute Gasteiger partial charge is 0.435 e. The van der Waals surface area contributed by atoms with Crippen molar-refractivity contribution in [3.63, 3.8) is 0 Å². The molecule has 2 aromatic heterocycles. The molecule has 0 saturated carbocycles. The number of hydrogen-bond acceptors (Lipinski definition) is 6. The number of nitrogens with one attached hydrogen (secondary N) is 2. The number of thiazole rings is 1. The summed E-state index contributed by atoms with van der Waals surface area (Å²) in [6, 6.07) is 5.43. The minimum Gasteiger partial charge on any atom is -0.324 e. The van der Waals surface area contributed by atoms with Crippen molar-refractivity contribution in [2.75, 3.05) is 10.0 Å². The average Bonchev–Trinajstić information content (AvgIpc) is 3.28. The molecule has 2 heterocycles. The highest BCUT2D eigenvalue weighted by molar-refractivity contribution is 7.93. The molecule has 3 aromatic rings. The summed E-state index contributed by atoms with van der Waals surface area (Å²) < 4.78 is 68.5. The number of anilines is 2. The van der Waals surface area contributed by atoms with Gasteiger partial charge in [0.15, 0.2) is 10.8 Å². The smallest absolute Gasteiger partial charge is 0.324 e. The number of alkyl halides is 3. The van der Waals surface area contributed by atoms with Gasteiger partial charge in [-0.2, -0.15) is 18.3 Å². The Morgan fingerprint density at radius 2 is 1.85 bits per heavy atom. The zero-order valence-corrected chi connectivity index (χ0v) is 18.9. The van der Waals surface area contributed by atoms with Gasteiger partial charge in [-0.25, -0.2) is 13.4 Å². The van der Waals surface area contributed by atoms with Crippen LogP contribution in [-0.4, -0.2) is 29.1 Å². The fraction of sp³-hybridized carbons (Fsp3) is 0.350. The van der Waals surface area contributed by atoms with Crippen LogP contribution in [0.4, 0.5) is 24.0 Å². The fourth-order valence-electron chi connectivity index (χ4n) is 3.71. The molecule has 0 bridgehead atoms. The molecule has 0 saturated heterocycles. The Hall–Kier alpha value is -2.93. The number of fused-ring (bicyclic) bond motifs is 1. The topological polar surface area (TPSA) is 106 Å². The Balaban J connectivity index is 1.47. The maximum atomic E-state index is 13.4. The molecule has 8 nitrogen and oxygen atoms in total. The second kappa shape index (κ2) is 9.14. The first-order chi connectivity index (χ1) is 15.6. The van der Waals surface area contributed by atoms with E-state index in [1.165, 1.54) is 30.5 Å². The van der Waals surface area contributed by atoms with Gasteiger partial charge in [0.25, 0.3) is 10.0 Å². The number of rotatable bonds is 6. The summed E-state index contributed by atoms with van der Waals surface area (Å²) >= 11 is 1.13. The Bertz CT molecular complexity index is 1240. The van der Waals surface area contributed by atoms with Crippen molar-refractivity contribution in [2.45, 2.75) is 49.7 Å². The molecule has 1 amide bonds. The van der Waals surface area contributed by atoms with E-state index in [1.54, 1.807) is 5.38 Å². The number of amides is 1. The van der Waals surface area contributed by atoms with Crippen molar-refractivity contribution in [1.29, 1.82) is 0 Å². The van der Waals surface area contributed by atoms with Crippen molar-refractivity contribution in [3.8, 4) is 0 Å². The zero-order chi connectivity index (χ0) is 23.6. The van der Waals surface area contributed by atoms with Crippen LogP contribution in [0.15, 0.2) is 40.7 Å². The van der Waals surface area contributed by atoms with Crippen LogP contribution >= 0.6 is 11.3 Å². The fourth-order valence-corrected chi connectivity index (χ4v) is 5.50. The minimum atomic E-state index is -4.58. The SMILES string of the molecule is O=C(Cn1nc(C(F)(F)F)c2c1CCCCC2)Nc1ccc(S(=O)(=O)Nc2nccs2)cc1. The van der Waals surface area contributed by atoms with E-state index in [0.717, 1.165) is 28.9 Å². The highest BCUT2D eigenvalue weighted by Crippen LogP contribution is 2.35. The second-order valence-corrected chi connectivity index (χ2v) is 10.1. The number of halogens is 3. The Kier molecular flexibility index (Phi) is 6.43. The summed E-state index contributed by atoms with van der Waals surface area (Å²) in [7, 11) is -3.84. The summed E-state index contributed by atoms with van der Waals surface area (Å²) in [6.45, 7) is -0.371. The van der Waals surface area contributed by atoms with E-state index in [1.807, 2.05) is 0 Å². The van der Waals surface area contributed by atoms with E-state index < -0.39 is 27.8 Å². The van der Waals surface area contributed by atoms with Gasteiger partial charge in [-0.15, -0.1) is 11.3 Å². The molecule has 0 spiro atoms. The van der Waals surface area contributed by atoms with E-state index >= 15 is 0 Å². The molecule has 1 aromatic carbocycles. The zero-order valence-electron chi connectivity index (χ0n) is 17.2. The lowest BCUT2D eigenvalue weighted by Gasteiger charge is -2.10. The molecular formula is C20H20F3N5O3S2. The molecule has 0 aliphatic heterocycles. The van der Waals surface area contributed by atoms with Gasteiger partial charge in [-0.05, 0) is 49.9 Å². The van der Waals surface area contributed by atoms with Gasteiger partial charge in [0.2, 0.25) is 5.91 Å². The van der Waals surface area contributed by atoms with Crippen molar-refractivity contribution in [3.05, 3.63) is 52.8 Å². The number of benzene rings is 1. The van der Waals surface area contributed by atoms with Gasteiger partial charge in [-0.3, -0.25) is 14.2 Å². The van der Waals surface area contributed by atoms with E-state index in [-0.39, 0.29) is 28.6 Å². The van der Waals surface area contributed by atoms with Gasteiger partial charge in [0.05, 0.1) is 4.90 Å². The summed E-state index contributed by atoms with van der Waals surface area (Å²) in [5.74, 6) is -0.560. The van der Waals surface area contributed by atoms with Crippen molar-refractivity contribution in [1.82, 2.24) is 14.8 Å². The predicted molar refractivity (Wildman–Crippen MR) is 116 cm³/mol. The Morgan fingerprint density at radius 1 is 1.12 bits per heavy atom. The molecule has 2 N–H and O–H groups in total. The summed E-state index contributed by atoms with van der Waals surface area (Å²) in [5, 5.41) is 8.14. The van der Waals surface area contributed by atoms with Crippen molar-refractivity contribution < 1.29 is 26.4 Å². The molecule has 176 valence electrons. The summed E-state index contributed by atoms with van der Waals surface area (Å²) in [4.78, 5) is 16.4. The van der Waals surface area contributed by atoms with Gasteiger partial charge in [-0.1, -0.05) is 6.42 Å². The second-order valence-electron chi connectivity index (χ2n) is 7.51. The first-order valence-corrected chi connectivity index (χ1v) is 12.5. The molecule has 33 heavy (non-hydrogen) atoms. The third-order valence-electron chi connectivity index (χ3n) is 5.17. The number of sulfonamides is 1. The molecule has 0 fully saturated rings. The van der Waals surface area contributed by atoms with Crippen LogP contribution in [0.5, 0.6) is 0 Å². The lowest BCUT2D eigenvalue weighted by molar-refractivity contribution is -0.142. The molecule has 4 rings (SSSR count). The lowest BCUT2D eigenvalue weighted by Crippen LogP contribution is -2.21. The lowest BCUT2D eigenvalue weighted by atomic mass is 10.1. The van der Waals surface area contributed by atoms with Crippen LogP contribution in [0.2, 0.25) is 0 Å². The normalized spacial score (nSPS) is 14.4. The Labute approximate surface area is 191 Å². The Morgan fingerprint density at radius 3 is 2.52 bits per heavy atom. The highest BCUT2D eigenvalue weighted by Gasteiger charge is 2.39. The number of nitrogens with zero attached hydrogens (tertiary/aromatic N) is 3. The molecular weight excluding hydrogens is 479 g/mol. The summed E-state index contributed by atoms with van der Waals surface area (Å²) in [5.41, 5.74) is 0.0109. The van der Waals surface area contributed by atoms with Crippen LogP contribution in [0, 0.1) is 0 Å². The average molecular weight is 500 g/mol. The van der Waals surface area contributed by atoms with Crippen LogP contribution in [-0.2, 0) is 40.4 Å². The summed E-state index contributed by atoms with van der Waals surface area (Å²) in [6.07, 6.45) is -0.170. The van der Waals surface area contributed by atoms with Crippen molar-refractivity contribution in [2.24, 2.45) is 0 Å². The maximum absolute atomic E-state index is 13.4.